The predicted molar refractivity (Wildman–Crippen MR) is 45.5 cm³/mol. The number of hydrogen-bond acceptors (Lipinski definition) is 4. The first-order valence-corrected chi connectivity index (χ1v) is 3.91. The molecule has 2 aromatic rings. The Morgan fingerprint density at radius 2 is 2.23 bits per heavy atom. The Balaban J connectivity index is 2.85. The highest BCUT2D eigenvalue weighted by molar-refractivity contribution is 6.01. The number of carbonyl (C=O) groups is 1. The van der Waals surface area contributed by atoms with Crippen LogP contribution < -0.4 is 0 Å². The monoisotopic (exact) mass is 179 g/mol. The van der Waals surface area contributed by atoms with Crippen LogP contribution in [0.5, 0.6) is 0 Å². The molecule has 5 nitrogen and oxygen atoms in total. The minimum absolute atomic E-state index is 0.134. The van der Waals surface area contributed by atoms with Gasteiger partial charge in [-0.1, -0.05) is 5.16 Å². The summed E-state index contributed by atoms with van der Waals surface area (Å²) < 4.78 is 6.66. The second-order valence-electron chi connectivity index (χ2n) is 2.96. The van der Waals surface area contributed by atoms with Crippen molar-refractivity contribution in [2.45, 2.75) is 13.8 Å². The predicted octanol–water partition coefficient (Wildman–Crippen LogP) is 1.07. The molecule has 0 aliphatic carbocycles. The van der Waals surface area contributed by atoms with Crippen LogP contribution in [0.2, 0.25) is 0 Å². The van der Waals surface area contributed by atoms with E-state index in [1.807, 2.05) is 14.0 Å². The molecular formula is C8H9N3O2. The van der Waals surface area contributed by atoms with Crippen molar-refractivity contribution in [3.05, 3.63) is 11.6 Å². The van der Waals surface area contributed by atoms with E-state index in [-0.39, 0.29) is 11.5 Å². The van der Waals surface area contributed by atoms with E-state index in [0.29, 0.717) is 11.2 Å². The fraction of sp³-hybridized carbons (Fsp3) is 0.375. The van der Waals surface area contributed by atoms with Gasteiger partial charge in [0.15, 0.2) is 5.78 Å². The Bertz CT molecular complexity index is 481. The third-order valence-corrected chi connectivity index (χ3v) is 2.06. The summed E-state index contributed by atoms with van der Waals surface area (Å²) in [7, 11) is 1.83. The Labute approximate surface area is 74.3 Å². The number of carbonyl (C=O) groups excluding carboxylic acids is 1. The van der Waals surface area contributed by atoms with Crippen molar-refractivity contribution in [3.8, 4) is 0 Å². The van der Waals surface area contributed by atoms with Gasteiger partial charge in [-0.05, 0) is 6.92 Å². The minimum Gasteiger partial charge on any atom is -0.349 e. The van der Waals surface area contributed by atoms with Crippen LogP contribution in [-0.4, -0.2) is 20.5 Å². The van der Waals surface area contributed by atoms with Gasteiger partial charge in [0.25, 0.3) is 0 Å². The first kappa shape index (κ1) is 7.97. The average Bonchev–Trinajstić information content (AvgIpc) is 2.55. The van der Waals surface area contributed by atoms with Gasteiger partial charge >= 0.3 is 0 Å². The van der Waals surface area contributed by atoms with Crippen molar-refractivity contribution in [2.24, 2.45) is 7.05 Å². The number of ketones is 1. The van der Waals surface area contributed by atoms with Crippen molar-refractivity contribution in [1.29, 1.82) is 0 Å². The molecule has 0 saturated carbocycles. The second kappa shape index (κ2) is 2.42. The molecule has 0 fully saturated rings. The van der Waals surface area contributed by atoms with Crippen molar-refractivity contribution in [1.82, 2.24) is 14.7 Å². The largest absolute Gasteiger partial charge is 0.349 e. The van der Waals surface area contributed by atoms with Gasteiger partial charge in [0.2, 0.25) is 11.4 Å². The lowest BCUT2D eigenvalue weighted by molar-refractivity contribution is 0.0980. The Morgan fingerprint density at radius 3 is 2.85 bits per heavy atom. The number of aryl methyl sites for hydroxylation is 2. The van der Waals surface area contributed by atoms with E-state index < -0.39 is 0 Å². The van der Waals surface area contributed by atoms with E-state index in [1.54, 1.807) is 4.57 Å². The summed E-state index contributed by atoms with van der Waals surface area (Å²) in [4.78, 5) is 15.2. The summed E-state index contributed by atoms with van der Waals surface area (Å²) in [6.07, 6.45) is 0. The van der Waals surface area contributed by atoms with Gasteiger partial charge in [-0.3, -0.25) is 4.79 Å². The maximum atomic E-state index is 11.1. The van der Waals surface area contributed by atoms with Gasteiger partial charge in [0, 0.05) is 14.0 Å². The molecular weight excluding hydrogens is 170 g/mol. The molecule has 2 heterocycles. The first-order valence-electron chi connectivity index (χ1n) is 3.91. The zero-order valence-electron chi connectivity index (χ0n) is 7.66. The molecule has 0 atom stereocenters. The molecule has 0 spiro atoms. The number of fused-ring (bicyclic) bond motifs is 1. The number of hydrogen-bond donors (Lipinski definition) is 0. The lowest BCUT2D eigenvalue weighted by atomic mass is 10.3. The third-order valence-electron chi connectivity index (χ3n) is 2.06. The SMILES string of the molecule is CC(=O)c1onc2nc(C)n(C)c12. The zero-order valence-corrected chi connectivity index (χ0v) is 7.66. The molecule has 0 aliphatic rings. The van der Waals surface area contributed by atoms with Gasteiger partial charge in [0.1, 0.15) is 11.3 Å². The summed E-state index contributed by atoms with van der Waals surface area (Å²) in [6.45, 7) is 3.30. The van der Waals surface area contributed by atoms with Crippen LogP contribution in [0, 0.1) is 6.92 Å². The van der Waals surface area contributed by atoms with Gasteiger partial charge in [-0.25, -0.2) is 4.98 Å². The van der Waals surface area contributed by atoms with E-state index in [1.165, 1.54) is 6.92 Å². The highest BCUT2D eigenvalue weighted by Crippen LogP contribution is 2.18. The van der Waals surface area contributed by atoms with Crippen molar-refractivity contribution >= 4 is 16.9 Å². The Kier molecular flexibility index (Phi) is 1.48. The highest BCUT2D eigenvalue weighted by Gasteiger charge is 2.18. The minimum atomic E-state index is -0.134. The molecule has 0 aromatic carbocycles. The standard InChI is InChI=1S/C8H9N3O2/c1-4(12)7-6-8(10-13-7)9-5(2)11(6)3/h1-3H3. The van der Waals surface area contributed by atoms with E-state index in [0.717, 1.165) is 5.82 Å². The van der Waals surface area contributed by atoms with Crippen LogP contribution in [0.3, 0.4) is 0 Å². The highest BCUT2D eigenvalue weighted by atomic mass is 16.5. The molecule has 5 heteroatoms. The molecule has 0 aliphatic heterocycles. The maximum absolute atomic E-state index is 11.1. The third kappa shape index (κ3) is 0.965. The van der Waals surface area contributed by atoms with E-state index in [4.69, 9.17) is 4.52 Å². The fourth-order valence-corrected chi connectivity index (χ4v) is 1.27. The van der Waals surface area contributed by atoms with Crippen LogP contribution in [0.1, 0.15) is 23.3 Å². The van der Waals surface area contributed by atoms with E-state index in [2.05, 4.69) is 10.1 Å². The van der Waals surface area contributed by atoms with Crippen LogP contribution in [0.25, 0.3) is 11.2 Å². The van der Waals surface area contributed by atoms with Crippen LogP contribution in [-0.2, 0) is 7.05 Å². The summed E-state index contributed by atoms with van der Waals surface area (Å²) >= 11 is 0. The van der Waals surface area contributed by atoms with E-state index >= 15 is 0 Å². The van der Waals surface area contributed by atoms with Crippen LogP contribution in [0.4, 0.5) is 0 Å². The number of nitrogens with zero attached hydrogens (tertiary/aromatic N) is 3. The number of imidazole rings is 1. The fourth-order valence-electron chi connectivity index (χ4n) is 1.27. The quantitative estimate of drug-likeness (QED) is 0.614. The van der Waals surface area contributed by atoms with Crippen molar-refractivity contribution in [3.63, 3.8) is 0 Å². The Hall–Kier alpha value is -1.65. The maximum Gasteiger partial charge on any atom is 0.228 e. The topological polar surface area (TPSA) is 60.9 Å². The molecule has 2 rings (SSSR count). The van der Waals surface area contributed by atoms with Crippen molar-refractivity contribution < 1.29 is 9.32 Å². The second-order valence-corrected chi connectivity index (χ2v) is 2.96. The molecule has 68 valence electrons. The number of aromatic nitrogens is 3. The van der Waals surface area contributed by atoms with Gasteiger partial charge < -0.3 is 9.09 Å². The molecule has 0 bridgehead atoms. The summed E-state index contributed by atoms with van der Waals surface area (Å²) in [5.41, 5.74) is 1.16. The van der Waals surface area contributed by atoms with Gasteiger partial charge in [0.05, 0.1) is 0 Å². The molecule has 0 saturated heterocycles. The normalized spacial score (nSPS) is 11.0. The molecule has 0 unspecified atom stereocenters. The average molecular weight is 179 g/mol. The summed E-state index contributed by atoms with van der Waals surface area (Å²) in [6, 6.07) is 0. The number of Topliss-reactive ketones (excluding diaryl/α,β-unsaturated/α-hetero) is 1. The molecule has 0 radical (unpaired) electrons. The van der Waals surface area contributed by atoms with Crippen LogP contribution >= 0.6 is 0 Å². The molecule has 13 heavy (non-hydrogen) atoms. The summed E-state index contributed by atoms with van der Waals surface area (Å²) in [5.74, 6) is 0.958. The lowest BCUT2D eigenvalue weighted by Crippen LogP contribution is -1.96. The molecule has 2 aromatic heterocycles. The Morgan fingerprint density at radius 1 is 1.54 bits per heavy atom. The van der Waals surface area contributed by atoms with Gasteiger partial charge in [-0.2, -0.15) is 0 Å². The number of rotatable bonds is 1. The lowest BCUT2D eigenvalue weighted by Gasteiger charge is -1.94. The summed E-state index contributed by atoms with van der Waals surface area (Å²) in [5, 5.41) is 3.69. The van der Waals surface area contributed by atoms with Gasteiger partial charge in [-0.15, -0.1) is 0 Å². The van der Waals surface area contributed by atoms with Crippen LogP contribution in [0.15, 0.2) is 4.52 Å². The van der Waals surface area contributed by atoms with E-state index in [9.17, 15) is 4.79 Å². The zero-order chi connectivity index (χ0) is 9.59. The smallest absolute Gasteiger partial charge is 0.228 e. The molecule has 0 N–H and O–H groups in total. The first-order chi connectivity index (χ1) is 6.11. The molecule has 0 amide bonds. The van der Waals surface area contributed by atoms with Crippen molar-refractivity contribution in [2.75, 3.05) is 0 Å².